The maximum absolute atomic E-state index is 15.4. The highest BCUT2D eigenvalue weighted by Gasteiger charge is 2.46. The minimum absolute atomic E-state index is 0.0732. The summed E-state index contributed by atoms with van der Waals surface area (Å²) in [7, 11) is 0. The first kappa shape index (κ1) is 32.0. The van der Waals surface area contributed by atoms with E-state index in [1.165, 1.54) is 6.07 Å². The zero-order valence-electron chi connectivity index (χ0n) is 25.8. The molecule has 1 amide bonds. The predicted octanol–water partition coefficient (Wildman–Crippen LogP) is 5.20. The van der Waals surface area contributed by atoms with Gasteiger partial charge in [0.05, 0.1) is 43.5 Å². The van der Waals surface area contributed by atoms with Gasteiger partial charge in [-0.3, -0.25) is 4.79 Å². The number of amides is 1. The lowest BCUT2D eigenvalue weighted by Crippen LogP contribution is -2.36. The van der Waals surface area contributed by atoms with Gasteiger partial charge in [0, 0.05) is 29.9 Å². The van der Waals surface area contributed by atoms with Gasteiger partial charge < -0.3 is 34.7 Å². The molecular formula is C33H42ClFN4O6. The molecule has 3 fully saturated rings. The summed E-state index contributed by atoms with van der Waals surface area (Å²) in [5, 5.41) is 16.6. The number of aryl methyl sites for hydroxylation is 2. The molecule has 0 radical (unpaired) electrons. The minimum atomic E-state index is -0.566. The number of aromatic nitrogens is 1. The van der Waals surface area contributed by atoms with Gasteiger partial charge in [0.2, 0.25) is 5.91 Å². The Morgan fingerprint density at radius 1 is 1.18 bits per heavy atom. The van der Waals surface area contributed by atoms with Crippen LogP contribution in [0.4, 0.5) is 16.0 Å². The zero-order valence-corrected chi connectivity index (χ0v) is 26.6. The summed E-state index contributed by atoms with van der Waals surface area (Å²) in [6, 6.07) is 4.76. The van der Waals surface area contributed by atoms with E-state index in [9.17, 15) is 9.90 Å². The number of aliphatic imine (C=N–C) groups is 1. The van der Waals surface area contributed by atoms with Crippen molar-refractivity contribution in [2.75, 3.05) is 38.3 Å². The summed E-state index contributed by atoms with van der Waals surface area (Å²) in [4.78, 5) is 21.4. The van der Waals surface area contributed by atoms with Crippen molar-refractivity contribution in [2.24, 2.45) is 16.8 Å². The topological polar surface area (TPSA) is 124 Å². The van der Waals surface area contributed by atoms with Crippen LogP contribution < -0.4 is 15.4 Å². The molecule has 2 aliphatic carbocycles. The van der Waals surface area contributed by atoms with Gasteiger partial charge in [-0.15, -0.1) is 0 Å². The van der Waals surface area contributed by atoms with Crippen LogP contribution in [0.2, 0.25) is 5.02 Å². The number of hydrogen-bond acceptors (Lipinski definition) is 9. The van der Waals surface area contributed by atoms with E-state index in [1.807, 2.05) is 19.9 Å². The number of nitrogens with one attached hydrogen (secondary N) is 2. The molecule has 3 N–H and O–H groups in total. The van der Waals surface area contributed by atoms with Gasteiger partial charge in [-0.25, -0.2) is 9.37 Å². The molecule has 0 spiro atoms. The number of rotatable bonds is 12. The fourth-order valence-corrected chi connectivity index (χ4v) is 6.75. The number of hydrogen-bond donors (Lipinski definition) is 3. The summed E-state index contributed by atoms with van der Waals surface area (Å²) in [5.74, 6) is 1.93. The Morgan fingerprint density at radius 2 is 2.00 bits per heavy atom. The summed E-state index contributed by atoms with van der Waals surface area (Å²) in [6.07, 6.45) is 4.75. The van der Waals surface area contributed by atoms with Crippen molar-refractivity contribution in [2.45, 2.75) is 83.1 Å². The summed E-state index contributed by atoms with van der Waals surface area (Å²) in [6.45, 7) is 5.82. The zero-order chi connectivity index (χ0) is 31.5. The second-order valence-corrected chi connectivity index (χ2v) is 12.8. The van der Waals surface area contributed by atoms with Crippen LogP contribution in [0, 0.1) is 24.6 Å². The number of anilines is 1. The number of carbonyl (C=O) groups excluding carboxylic acids is 1. The molecule has 6 rings (SSSR count). The van der Waals surface area contributed by atoms with Crippen LogP contribution in [0.15, 0.2) is 23.2 Å². The van der Waals surface area contributed by atoms with Crippen molar-refractivity contribution < 1.29 is 33.2 Å². The molecule has 10 nitrogen and oxygen atoms in total. The lowest BCUT2D eigenvalue weighted by molar-refractivity contribution is -0.127. The first-order valence-electron chi connectivity index (χ1n) is 16.1. The molecule has 45 heavy (non-hydrogen) atoms. The summed E-state index contributed by atoms with van der Waals surface area (Å²) < 4.78 is 38.6. The molecule has 2 aliphatic heterocycles. The fourth-order valence-electron chi connectivity index (χ4n) is 6.49. The van der Waals surface area contributed by atoms with Crippen molar-refractivity contribution in [1.82, 2.24) is 10.3 Å². The third-order valence-corrected chi connectivity index (χ3v) is 9.54. The number of ether oxygens (including phenoxy) is 4. The number of halogens is 2. The maximum Gasteiger partial charge on any atom is 0.223 e. The highest BCUT2D eigenvalue weighted by Crippen LogP contribution is 2.40. The largest absolute Gasteiger partial charge is 0.492 e. The normalized spacial score (nSPS) is 25.9. The first-order chi connectivity index (χ1) is 21.8. The van der Waals surface area contributed by atoms with E-state index in [0.29, 0.717) is 79.5 Å². The quantitative estimate of drug-likeness (QED) is 0.164. The number of carbonyl (C=O) groups is 1. The molecular weight excluding hydrogens is 603 g/mol. The molecule has 1 saturated carbocycles. The van der Waals surface area contributed by atoms with Gasteiger partial charge >= 0.3 is 0 Å². The molecule has 2 aromatic rings. The molecule has 0 bridgehead atoms. The predicted molar refractivity (Wildman–Crippen MR) is 168 cm³/mol. The highest BCUT2D eigenvalue weighted by atomic mass is 35.5. The van der Waals surface area contributed by atoms with Crippen LogP contribution >= 0.6 is 11.6 Å². The van der Waals surface area contributed by atoms with Gasteiger partial charge in [-0.05, 0) is 62.3 Å². The molecule has 1 unspecified atom stereocenters. The Balaban J connectivity index is 1.06. The van der Waals surface area contributed by atoms with Crippen molar-refractivity contribution in [1.29, 1.82) is 0 Å². The third-order valence-electron chi connectivity index (χ3n) is 9.26. The molecule has 2 saturated heterocycles. The van der Waals surface area contributed by atoms with E-state index in [0.717, 1.165) is 36.8 Å². The Bertz CT molecular complexity index is 1420. The van der Waals surface area contributed by atoms with Crippen LogP contribution in [0.5, 0.6) is 5.75 Å². The number of nitrogens with zero attached hydrogens (tertiary/aromatic N) is 2. The standard InChI is InChI=1S/C33H42ClFN4O6/c1-3-27(43-11-9-21-16-44-30-26(40)17-45-29(21)30)38-31-18(2)13-23(34)32(39-31)37-25-8-7-20-14-22(15-24(35)28(20)25)42-12-10-36-33(41)19-5-4-6-19/h13-15,19,21,25-26,29-30,40H,3-12,16-17H2,1-2H3,(H,36,41)(H,37,39)/t21-,25?,26-,29-,30-/m1/s1. The van der Waals surface area contributed by atoms with Gasteiger partial charge in [0.15, 0.2) is 11.7 Å². The SMILES string of the molecule is CCC(=Nc1nc(NC2CCc3cc(OCCNC(=O)C4CCC4)cc(F)c32)c(Cl)cc1C)OCC[C@@H]1CO[C@H]2[C@@H]1OC[C@H]2O. The molecule has 1 aromatic carbocycles. The Morgan fingerprint density at radius 3 is 2.78 bits per heavy atom. The van der Waals surface area contributed by atoms with Crippen LogP contribution in [-0.4, -0.2) is 73.2 Å². The van der Waals surface area contributed by atoms with Crippen molar-refractivity contribution in [3.8, 4) is 5.75 Å². The highest BCUT2D eigenvalue weighted by molar-refractivity contribution is 6.33. The maximum atomic E-state index is 15.4. The number of benzene rings is 1. The number of aliphatic hydroxyl groups is 1. The van der Waals surface area contributed by atoms with Crippen molar-refractivity contribution in [3.63, 3.8) is 0 Å². The van der Waals surface area contributed by atoms with Gasteiger partial charge in [0.25, 0.3) is 0 Å². The lowest BCUT2D eigenvalue weighted by atomic mass is 9.85. The Hall–Kier alpha value is -2.99. The molecule has 1 aromatic heterocycles. The Kier molecular flexibility index (Phi) is 10.1. The molecule has 5 atom stereocenters. The average Bonchev–Trinajstić information content (AvgIpc) is 3.69. The Labute approximate surface area is 268 Å². The van der Waals surface area contributed by atoms with Crippen LogP contribution in [-0.2, 0) is 25.4 Å². The van der Waals surface area contributed by atoms with Gasteiger partial charge in [-0.1, -0.05) is 24.9 Å². The van der Waals surface area contributed by atoms with E-state index in [-0.39, 0.29) is 48.4 Å². The molecule has 244 valence electrons. The van der Waals surface area contributed by atoms with Gasteiger partial charge in [-0.2, -0.15) is 4.99 Å². The van der Waals surface area contributed by atoms with Crippen LogP contribution in [0.3, 0.4) is 0 Å². The first-order valence-corrected chi connectivity index (χ1v) is 16.5. The van der Waals surface area contributed by atoms with Crippen molar-refractivity contribution in [3.05, 3.63) is 45.7 Å². The smallest absolute Gasteiger partial charge is 0.223 e. The van der Waals surface area contributed by atoms with E-state index in [2.05, 4.69) is 10.6 Å². The summed E-state index contributed by atoms with van der Waals surface area (Å²) in [5.41, 5.74) is 2.25. The summed E-state index contributed by atoms with van der Waals surface area (Å²) >= 11 is 6.59. The molecule has 4 aliphatic rings. The van der Waals surface area contributed by atoms with Crippen molar-refractivity contribution >= 4 is 35.0 Å². The molecule has 12 heteroatoms. The molecule has 3 heterocycles. The van der Waals surface area contributed by atoms with Gasteiger partial charge in [0.1, 0.15) is 36.2 Å². The monoisotopic (exact) mass is 644 g/mol. The van der Waals surface area contributed by atoms with E-state index in [1.54, 1.807) is 6.07 Å². The number of fused-ring (bicyclic) bond motifs is 2. The third kappa shape index (κ3) is 7.21. The van der Waals surface area contributed by atoms with E-state index < -0.39 is 6.10 Å². The minimum Gasteiger partial charge on any atom is -0.492 e. The van der Waals surface area contributed by atoms with Crippen LogP contribution in [0.25, 0.3) is 0 Å². The average molecular weight is 645 g/mol. The second kappa shape index (κ2) is 14.2. The number of aliphatic hydroxyl groups excluding tert-OH is 1. The fraction of sp³-hybridized carbons (Fsp3) is 0.606. The van der Waals surface area contributed by atoms with E-state index in [4.69, 9.17) is 40.5 Å². The van der Waals surface area contributed by atoms with E-state index >= 15 is 4.39 Å². The number of pyridine rings is 1. The van der Waals surface area contributed by atoms with Crippen LogP contribution in [0.1, 0.15) is 68.2 Å². The second-order valence-electron chi connectivity index (χ2n) is 12.4. The lowest BCUT2D eigenvalue weighted by Gasteiger charge is -2.24.